The standard InChI is InChI=1S/C13H21NO3/c15-13(16)9-1-3-12(4-2-9)14-5-10-7-17-8-11(10)6-14/h9-12H,1-8H2,(H,15,16)/t9?,10-,11+,12?. The van der Waals surface area contributed by atoms with Crippen molar-refractivity contribution in [3.05, 3.63) is 0 Å². The number of carboxylic acids is 1. The molecule has 3 fully saturated rings. The summed E-state index contributed by atoms with van der Waals surface area (Å²) in [6, 6.07) is 0.635. The van der Waals surface area contributed by atoms with Crippen LogP contribution in [-0.4, -0.2) is 48.3 Å². The van der Waals surface area contributed by atoms with Crippen molar-refractivity contribution in [2.45, 2.75) is 31.7 Å². The Labute approximate surface area is 102 Å². The number of ether oxygens (including phenoxy) is 1. The van der Waals surface area contributed by atoms with Crippen molar-refractivity contribution in [1.29, 1.82) is 0 Å². The Kier molecular flexibility index (Phi) is 3.09. The summed E-state index contributed by atoms with van der Waals surface area (Å²) in [6.45, 7) is 4.22. The number of carboxylic acid groups (broad SMARTS) is 1. The van der Waals surface area contributed by atoms with E-state index in [1.807, 2.05) is 0 Å². The number of likely N-dealkylation sites (tertiary alicyclic amines) is 1. The summed E-state index contributed by atoms with van der Waals surface area (Å²) in [5.41, 5.74) is 0. The summed E-state index contributed by atoms with van der Waals surface area (Å²) in [5.74, 6) is 0.797. The van der Waals surface area contributed by atoms with Crippen LogP contribution in [0.15, 0.2) is 0 Å². The van der Waals surface area contributed by atoms with Gasteiger partial charge < -0.3 is 9.84 Å². The largest absolute Gasteiger partial charge is 0.481 e. The van der Waals surface area contributed by atoms with Gasteiger partial charge in [-0.05, 0) is 25.7 Å². The number of nitrogens with zero attached hydrogens (tertiary/aromatic N) is 1. The number of hydrogen-bond acceptors (Lipinski definition) is 3. The maximum Gasteiger partial charge on any atom is 0.306 e. The molecule has 0 aromatic carbocycles. The molecule has 0 aromatic heterocycles. The highest BCUT2D eigenvalue weighted by Gasteiger charge is 2.40. The van der Waals surface area contributed by atoms with Gasteiger partial charge in [-0.25, -0.2) is 0 Å². The first kappa shape index (κ1) is 11.5. The summed E-state index contributed by atoms with van der Waals surface area (Å²) in [7, 11) is 0. The topological polar surface area (TPSA) is 49.8 Å². The van der Waals surface area contributed by atoms with Crippen LogP contribution in [-0.2, 0) is 9.53 Å². The van der Waals surface area contributed by atoms with E-state index in [4.69, 9.17) is 9.84 Å². The number of hydrogen-bond donors (Lipinski definition) is 1. The Bertz CT molecular complexity index is 287. The fourth-order valence-corrected chi connectivity index (χ4v) is 3.71. The smallest absolute Gasteiger partial charge is 0.306 e. The number of fused-ring (bicyclic) bond motifs is 1. The highest BCUT2D eigenvalue weighted by atomic mass is 16.5. The molecular formula is C13H21NO3. The van der Waals surface area contributed by atoms with Gasteiger partial charge in [0.1, 0.15) is 0 Å². The molecule has 1 aliphatic carbocycles. The number of rotatable bonds is 2. The maximum atomic E-state index is 10.9. The van der Waals surface area contributed by atoms with Gasteiger partial charge in [0, 0.05) is 31.0 Å². The number of carbonyl (C=O) groups is 1. The van der Waals surface area contributed by atoms with E-state index in [1.165, 1.54) is 13.1 Å². The van der Waals surface area contributed by atoms with E-state index in [1.54, 1.807) is 0 Å². The second-order valence-corrected chi connectivity index (χ2v) is 5.86. The molecular weight excluding hydrogens is 218 g/mol. The predicted molar refractivity (Wildman–Crippen MR) is 62.8 cm³/mol. The van der Waals surface area contributed by atoms with Crippen LogP contribution in [0.1, 0.15) is 25.7 Å². The van der Waals surface area contributed by atoms with Gasteiger partial charge in [-0.2, -0.15) is 0 Å². The minimum absolute atomic E-state index is 0.0864. The Balaban J connectivity index is 1.52. The van der Waals surface area contributed by atoms with E-state index in [9.17, 15) is 4.79 Å². The molecule has 96 valence electrons. The van der Waals surface area contributed by atoms with E-state index in [2.05, 4.69) is 4.90 Å². The lowest BCUT2D eigenvalue weighted by molar-refractivity contribution is -0.143. The second kappa shape index (κ2) is 4.58. The normalized spacial score (nSPS) is 42.6. The third-order valence-electron chi connectivity index (χ3n) is 4.83. The van der Waals surface area contributed by atoms with Crippen LogP contribution in [0.5, 0.6) is 0 Å². The molecule has 0 radical (unpaired) electrons. The first-order valence-electron chi connectivity index (χ1n) is 6.78. The molecule has 0 aromatic rings. The average molecular weight is 239 g/mol. The SMILES string of the molecule is O=C(O)C1CCC(N2C[C@H]3COC[C@H]3C2)CC1. The fourth-order valence-electron chi connectivity index (χ4n) is 3.71. The summed E-state index contributed by atoms with van der Waals surface area (Å²) in [6.07, 6.45) is 3.86. The van der Waals surface area contributed by atoms with Gasteiger partial charge in [-0.15, -0.1) is 0 Å². The van der Waals surface area contributed by atoms with Crippen molar-refractivity contribution in [3.8, 4) is 0 Å². The molecule has 3 rings (SSSR count). The Morgan fingerprint density at radius 1 is 1.06 bits per heavy atom. The van der Waals surface area contributed by atoms with Crippen LogP contribution in [0.25, 0.3) is 0 Å². The molecule has 3 aliphatic rings. The zero-order valence-corrected chi connectivity index (χ0v) is 10.2. The Hall–Kier alpha value is -0.610. The quantitative estimate of drug-likeness (QED) is 0.787. The van der Waals surface area contributed by atoms with Gasteiger partial charge >= 0.3 is 5.97 Å². The van der Waals surface area contributed by atoms with Crippen molar-refractivity contribution in [1.82, 2.24) is 4.90 Å². The van der Waals surface area contributed by atoms with Gasteiger partial charge in [0.05, 0.1) is 19.1 Å². The van der Waals surface area contributed by atoms with Gasteiger partial charge in [-0.3, -0.25) is 9.69 Å². The molecule has 0 amide bonds. The molecule has 1 saturated carbocycles. The van der Waals surface area contributed by atoms with Crippen molar-refractivity contribution < 1.29 is 14.6 Å². The Morgan fingerprint density at radius 3 is 2.18 bits per heavy atom. The van der Waals surface area contributed by atoms with Crippen LogP contribution in [0.4, 0.5) is 0 Å². The summed E-state index contributed by atoms with van der Waals surface area (Å²) >= 11 is 0. The molecule has 2 heterocycles. The van der Waals surface area contributed by atoms with E-state index >= 15 is 0 Å². The fraction of sp³-hybridized carbons (Fsp3) is 0.923. The van der Waals surface area contributed by atoms with Gasteiger partial charge in [0.2, 0.25) is 0 Å². The van der Waals surface area contributed by atoms with E-state index in [0.29, 0.717) is 6.04 Å². The van der Waals surface area contributed by atoms with Crippen LogP contribution in [0, 0.1) is 17.8 Å². The first-order chi connectivity index (χ1) is 8.24. The van der Waals surface area contributed by atoms with E-state index < -0.39 is 5.97 Å². The van der Waals surface area contributed by atoms with Crippen molar-refractivity contribution >= 4 is 5.97 Å². The highest BCUT2D eigenvalue weighted by Crippen LogP contribution is 2.35. The molecule has 4 nitrogen and oxygen atoms in total. The molecule has 17 heavy (non-hydrogen) atoms. The molecule has 4 heteroatoms. The van der Waals surface area contributed by atoms with Crippen LogP contribution in [0.2, 0.25) is 0 Å². The second-order valence-electron chi connectivity index (χ2n) is 5.86. The third-order valence-corrected chi connectivity index (χ3v) is 4.83. The van der Waals surface area contributed by atoms with Gasteiger partial charge in [0.15, 0.2) is 0 Å². The predicted octanol–water partition coefficient (Wildman–Crippen LogP) is 1.21. The molecule has 1 N–H and O–H groups in total. The molecule has 0 spiro atoms. The first-order valence-corrected chi connectivity index (χ1v) is 6.78. The van der Waals surface area contributed by atoms with Crippen LogP contribution >= 0.6 is 0 Å². The molecule has 2 atom stereocenters. The summed E-state index contributed by atoms with van der Waals surface area (Å²) < 4.78 is 5.49. The third kappa shape index (κ3) is 2.20. The summed E-state index contributed by atoms with van der Waals surface area (Å²) in [5, 5.41) is 8.99. The van der Waals surface area contributed by atoms with Crippen molar-refractivity contribution in [3.63, 3.8) is 0 Å². The molecule has 0 unspecified atom stereocenters. The number of aliphatic carboxylic acids is 1. The van der Waals surface area contributed by atoms with Crippen molar-refractivity contribution in [2.75, 3.05) is 26.3 Å². The maximum absolute atomic E-state index is 10.9. The minimum Gasteiger partial charge on any atom is -0.481 e. The lowest BCUT2D eigenvalue weighted by atomic mass is 9.85. The van der Waals surface area contributed by atoms with Crippen LogP contribution < -0.4 is 0 Å². The van der Waals surface area contributed by atoms with E-state index in [-0.39, 0.29) is 5.92 Å². The molecule has 2 saturated heterocycles. The molecule has 2 aliphatic heterocycles. The van der Waals surface area contributed by atoms with Crippen LogP contribution in [0.3, 0.4) is 0 Å². The highest BCUT2D eigenvalue weighted by molar-refractivity contribution is 5.70. The molecule has 0 bridgehead atoms. The monoisotopic (exact) mass is 239 g/mol. The average Bonchev–Trinajstić information content (AvgIpc) is 2.89. The lowest BCUT2D eigenvalue weighted by Gasteiger charge is -2.33. The minimum atomic E-state index is -0.602. The van der Waals surface area contributed by atoms with E-state index in [0.717, 1.165) is 50.7 Å². The summed E-state index contributed by atoms with van der Waals surface area (Å²) in [4.78, 5) is 13.5. The zero-order valence-electron chi connectivity index (χ0n) is 10.2. The lowest BCUT2D eigenvalue weighted by Crippen LogP contribution is -2.38. The zero-order chi connectivity index (χ0) is 11.8. The Morgan fingerprint density at radius 2 is 1.65 bits per heavy atom. The van der Waals surface area contributed by atoms with Gasteiger partial charge in [0.25, 0.3) is 0 Å². The van der Waals surface area contributed by atoms with Crippen molar-refractivity contribution in [2.24, 2.45) is 17.8 Å². The van der Waals surface area contributed by atoms with Gasteiger partial charge in [-0.1, -0.05) is 0 Å².